The third-order valence-electron chi connectivity index (χ3n) is 3.88. The van der Waals surface area contributed by atoms with Gasteiger partial charge in [-0.25, -0.2) is 0 Å². The lowest BCUT2D eigenvalue weighted by Gasteiger charge is -2.16. The van der Waals surface area contributed by atoms with Gasteiger partial charge in [-0.3, -0.25) is 4.79 Å². The summed E-state index contributed by atoms with van der Waals surface area (Å²) < 4.78 is 7.12. The smallest absolute Gasteiger partial charge is 0.224 e. The summed E-state index contributed by atoms with van der Waals surface area (Å²) in [4.78, 5) is 11.7. The number of ether oxygens (including phenoxy) is 1. The van der Waals surface area contributed by atoms with E-state index >= 15 is 0 Å². The largest absolute Gasteiger partial charge is 0.489 e. The molecule has 0 radical (unpaired) electrons. The Morgan fingerprint density at radius 2 is 1.83 bits per heavy atom. The Hall–Kier alpha value is -1.56. The van der Waals surface area contributed by atoms with Gasteiger partial charge in [0.2, 0.25) is 5.91 Å². The van der Waals surface area contributed by atoms with Crippen molar-refractivity contribution in [3.05, 3.63) is 56.2 Å². The number of anilines is 1. The molecule has 1 N–H and O–H groups in total. The van der Waals surface area contributed by atoms with E-state index < -0.39 is 0 Å². The van der Waals surface area contributed by atoms with Crippen LogP contribution in [0.1, 0.15) is 35.6 Å². The first-order valence-corrected chi connectivity index (χ1v) is 8.78. The van der Waals surface area contributed by atoms with Crippen LogP contribution >= 0.6 is 22.6 Å². The van der Waals surface area contributed by atoms with E-state index in [9.17, 15) is 4.79 Å². The van der Waals surface area contributed by atoms with E-state index in [-0.39, 0.29) is 5.91 Å². The van der Waals surface area contributed by atoms with Gasteiger partial charge in [0.05, 0.1) is 0 Å². The maximum Gasteiger partial charge on any atom is 0.224 e. The zero-order valence-corrected chi connectivity index (χ0v) is 16.2. The fourth-order valence-electron chi connectivity index (χ4n) is 2.30. The van der Waals surface area contributed by atoms with E-state index in [1.165, 1.54) is 11.1 Å². The maximum atomic E-state index is 11.7. The molecule has 0 aliphatic heterocycles. The van der Waals surface area contributed by atoms with E-state index in [0.29, 0.717) is 13.0 Å². The van der Waals surface area contributed by atoms with Crippen molar-refractivity contribution in [2.45, 2.75) is 40.7 Å². The van der Waals surface area contributed by atoms with Crippen LogP contribution in [0, 0.1) is 24.3 Å². The summed E-state index contributed by atoms with van der Waals surface area (Å²) in [5, 5.41) is 2.95. The van der Waals surface area contributed by atoms with E-state index in [2.05, 4.69) is 60.8 Å². The molecule has 23 heavy (non-hydrogen) atoms. The number of halogens is 1. The SMILES string of the molecule is CCC(=O)Nc1cccc(I)c1COc1cc(C)c(C)cc1C. The number of carbonyl (C=O) groups excluding carboxylic acids is 1. The van der Waals surface area contributed by atoms with Gasteiger partial charge in [0, 0.05) is 21.2 Å². The fourth-order valence-corrected chi connectivity index (χ4v) is 2.95. The van der Waals surface area contributed by atoms with Crippen molar-refractivity contribution in [1.29, 1.82) is 0 Å². The summed E-state index contributed by atoms with van der Waals surface area (Å²) in [6.45, 7) is 8.52. The molecule has 0 atom stereocenters. The quantitative estimate of drug-likeness (QED) is 0.677. The van der Waals surface area contributed by atoms with Gasteiger partial charge in [0.25, 0.3) is 0 Å². The van der Waals surface area contributed by atoms with Crippen molar-refractivity contribution in [2.75, 3.05) is 5.32 Å². The van der Waals surface area contributed by atoms with Crippen molar-refractivity contribution < 1.29 is 9.53 Å². The lowest BCUT2D eigenvalue weighted by Crippen LogP contribution is -2.13. The predicted molar refractivity (Wildman–Crippen MR) is 103 cm³/mol. The van der Waals surface area contributed by atoms with E-state index in [1.807, 2.05) is 25.1 Å². The molecule has 3 nitrogen and oxygen atoms in total. The molecule has 122 valence electrons. The average molecular weight is 423 g/mol. The van der Waals surface area contributed by atoms with E-state index in [0.717, 1.165) is 26.1 Å². The summed E-state index contributed by atoms with van der Waals surface area (Å²) in [6, 6.07) is 10.1. The highest BCUT2D eigenvalue weighted by atomic mass is 127. The van der Waals surface area contributed by atoms with Crippen LogP contribution in [0.3, 0.4) is 0 Å². The Balaban J connectivity index is 2.23. The lowest BCUT2D eigenvalue weighted by molar-refractivity contribution is -0.115. The molecule has 0 aliphatic rings. The minimum absolute atomic E-state index is 0.00982. The van der Waals surface area contributed by atoms with Crippen LogP contribution < -0.4 is 10.1 Å². The molecule has 0 spiro atoms. The van der Waals surface area contributed by atoms with Gasteiger partial charge in [0.1, 0.15) is 12.4 Å². The predicted octanol–water partition coefficient (Wildman–Crippen LogP) is 5.14. The molecule has 0 fully saturated rings. The van der Waals surface area contributed by atoms with Crippen LogP contribution in [-0.4, -0.2) is 5.91 Å². The van der Waals surface area contributed by atoms with Gasteiger partial charge in [-0.2, -0.15) is 0 Å². The van der Waals surface area contributed by atoms with Crippen molar-refractivity contribution in [3.63, 3.8) is 0 Å². The first-order chi connectivity index (χ1) is 10.9. The summed E-state index contributed by atoms with van der Waals surface area (Å²) in [6.07, 6.45) is 0.460. The Bertz CT molecular complexity index is 726. The summed E-state index contributed by atoms with van der Waals surface area (Å²) in [7, 11) is 0. The molecule has 1 amide bonds. The molecule has 0 saturated heterocycles. The highest BCUT2D eigenvalue weighted by Crippen LogP contribution is 2.27. The molecule has 4 heteroatoms. The second kappa shape index (κ2) is 7.81. The highest BCUT2D eigenvalue weighted by molar-refractivity contribution is 14.1. The van der Waals surface area contributed by atoms with Crippen molar-refractivity contribution in [1.82, 2.24) is 0 Å². The van der Waals surface area contributed by atoms with Crippen LogP contribution in [-0.2, 0) is 11.4 Å². The number of hydrogen-bond acceptors (Lipinski definition) is 2. The first-order valence-electron chi connectivity index (χ1n) is 7.70. The number of hydrogen-bond donors (Lipinski definition) is 1. The highest BCUT2D eigenvalue weighted by Gasteiger charge is 2.11. The standard InChI is InChI=1S/C19H22INO2/c1-5-19(22)21-17-8-6-7-16(20)15(17)11-23-18-10-13(3)12(2)9-14(18)4/h6-10H,5,11H2,1-4H3,(H,21,22). The van der Waals surface area contributed by atoms with Gasteiger partial charge in [-0.1, -0.05) is 19.1 Å². The molecule has 0 heterocycles. The number of carbonyl (C=O) groups is 1. The second-order valence-electron chi connectivity index (χ2n) is 5.66. The molecule has 0 aromatic heterocycles. The van der Waals surface area contributed by atoms with Crippen molar-refractivity contribution in [2.24, 2.45) is 0 Å². The number of benzene rings is 2. The molecule has 2 aromatic carbocycles. The molecule has 2 aromatic rings. The molecular weight excluding hydrogens is 401 g/mol. The fraction of sp³-hybridized carbons (Fsp3) is 0.316. The summed E-state index contributed by atoms with van der Waals surface area (Å²) in [5.74, 6) is 0.899. The zero-order valence-electron chi connectivity index (χ0n) is 14.0. The number of nitrogens with one attached hydrogen (secondary N) is 1. The molecule has 0 saturated carbocycles. The number of amides is 1. The Morgan fingerprint density at radius 3 is 2.52 bits per heavy atom. The maximum absolute atomic E-state index is 11.7. The number of aryl methyl sites for hydroxylation is 3. The summed E-state index contributed by atoms with van der Waals surface area (Å²) in [5.41, 5.74) is 5.43. The minimum Gasteiger partial charge on any atom is -0.489 e. The van der Waals surface area contributed by atoms with Gasteiger partial charge < -0.3 is 10.1 Å². The molecule has 0 bridgehead atoms. The minimum atomic E-state index is 0.00982. The molecular formula is C19H22INO2. The van der Waals surface area contributed by atoms with Crippen molar-refractivity contribution >= 4 is 34.2 Å². The van der Waals surface area contributed by atoms with E-state index in [4.69, 9.17) is 4.74 Å². The third-order valence-corrected chi connectivity index (χ3v) is 4.89. The third kappa shape index (κ3) is 4.47. The average Bonchev–Trinajstić information content (AvgIpc) is 2.51. The van der Waals surface area contributed by atoms with Crippen LogP contribution in [0.15, 0.2) is 30.3 Å². The van der Waals surface area contributed by atoms with Gasteiger partial charge in [0.15, 0.2) is 0 Å². The summed E-state index contributed by atoms with van der Waals surface area (Å²) >= 11 is 2.28. The Morgan fingerprint density at radius 1 is 1.13 bits per heavy atom. The topological polar surface area (TPSA) is 38.3 Å². The van der Waals surface area contributed by atoms with Gasteiger partial charge >= 0.3 is 0 Å². The second-order valence-corrected chi connectivity index (χ2v) is 6.82. The van der Waals surface area contributed by atoms with Crippen LogP contribution in [0.2, 0.25) is 0 Å². The monoisotopic (exact) mass is 423 g/mol. The van der Waals surface area contributed by atoms with Crippen LogP contribution in [0.5, 0.6) is 5.75 Å². The molecule has 0 unspecified atom stereocenters. The lowest BCUT2D eigenvalue weighted by atomic mass is 10.1. The van der Waals surface area contributed by atoms with Crippen LogP contribution in [0.4, 0.5) is 5.69 Å². The van der Waals surface area contributed by atoms with Crippen molar-refractivity contribution in [3.8, 4) is 5.75 Å². The van der Waals surface area contributed by atoms with E-state index in [1.54, 1.807) is 0 Å². The van der Waals surface area contributed by atoms with Gasteiger partial charge in [-0.15, -0.1) is 0 Å². The first kappa shape index (κ1) is 17.8. The normalized spacial score (nSPS) is 10.5. The molecule has 0 aliphatic carbocycles. The Kier molecular flexibility index (Phi) is 6.04. The van der Waals surface area contributed by atoms with Gasteiger partial charge in [-0.05, 0) is 78.3 Å². The molecule has 2 rings (SSSR count). The number of rotatable bonds is 5. The Labute approximate surface area is 151 Å². The van der Waals surface area contributed by atoms with Crippen LogP contribution in [0.25, 0.3) is 0 Å². The zero-order chi connectivity index (χ0) is 17.0.